The molecule has 0 heterocycles. The molecule has 0 saturated heterocycles. The third-order valence-electron chi connectivity index (χ3n) is 1.85. The summed E-state index contributed by atoms with van der Waals surface area (Å²) >= 11 is 5.81. The van der Waals surface area contributed by atoms with Crippen LogP contribution in [0.1, 0.15) is 17.3 Å². The van der Waals surface area contributed by atoms with Crippen molar-refractivity contribution in [2.75, 3.05) is 7.11 Å². The normalized spacial score (nSPS) is 12.3. The van der Waals surface area contributed by atoms with Gasteiger partial charge in [-0.1, -0.05) is 11.6 Å². The van der Waals surface area contributed by atoms with Gasteiger partial charge in [-0.05, 0) is 25.1 Å². The second kappa shape index (κ2) is 4.44. The van der Waals surface area contributed by atoms with Gasteiger partial charge in [0, 0.05) is 5.56 Å². The number of ketones is 1. The minimum atomic E-state index is -0.513. The zero-order valence-corrected chi connectivity index (χ0v) is 8.84. The third kappa shape index (κ3) is 2.25. The summed E-state index contributed by atoms with van der Waals surface area (Å²) in [5.74, 6) is 0.359. The van der Waals surface area contributed by atoms with E-state index in [0.717, 1.165) is 0 Å². The van der Waals surface area contributed by atoms with Gasteiger partial charge in [-0.25, -0.2) is 0 Å². The van der Waals surface area contributed by atoms with Crippen LogP contribution in [0.2, 0.25) is 5.02 Å². The fourth-order valence-corrected chi connectivity index (χ4v) is 1.27. The first kappa shape index (κ1) is 11.0. The fourth-order valence-electron chi connectivity index (χ4n) is 1.08. The fraction of sp³-hybridized carbons (Fsp3) is 0.300. The second-order valence-electron chi connectivity index (χ2n) is 3.00. The number of hydrogen-bond donors (Lipinski definition) is 1. The number of Topliss-reactive ketones (excluding diaryl/α,β-unsaturated/α-hetero) is 1. The standard InChI is InChI=1S/C10H12ClNO2/c1-6(12)10(13)7-3-4-8(11)9(5-7)14-2/h3-6H,12H2,1-2H3. The van der Waals surface area contributed by atoms with Crippen LogP contribution >= 0.6 is 11.6 Å². The van der Waals surface area contributed by atoms with Crippen LogP contribution in [-0.4, -0.2) is 18.9 Å². The van der Waals surface area contributed by atoms with Gasteiger partial charge in [0.2, 0.25) is 0 Å². The van der Waals surface area contributed by atoms with Crippen molar-refractivity contribution in [3.05, 3.63) is 28.8 Å². The summed E-state index contributed by atoms with van der Waals surface area (Å²) in [4.78, 5) is 11.5. The maximum absolute atomic E-state index is 11.5. The van der Waals surface area contributed by atoms with Crippen molar-refractivity contribution in [2.24, 2.45) is 5.73 Å². The third-order valence-corrected chi connectivity index (χ3v) is 2.16. The van der Waals surface area contributed by atoms with Gasteiger partial charge < -0.3 is 10.5 Å². The van der Waals surface area contributed by atoms with E-state index >= 15 is 0 Å². The Hall–Kier alpha value is -1.06. The highest BCUT2D eigenvalue weighted by Gasteiger charge is 2.12. The molecule has 2 N–H and O–H groups in total. The molecule has 1 aromatic carbocycles. The maximum Gasteiger partial charge on any atom is 0.179 e. The highest BCUT2D eigenvalue weighted by atomic mass is 35.5. The minimum absolute atomic E-state index is 0.125. The molecule has 0 bridgehead atoms. The zero-order valence-electron chi connectivity index (χ0n) is 8.08. The van der Waals surface area contributed by atoms with E-state index in [0.29, 0.717) is 16.3 Å². The predicted molar refractivity (Wildman–Crippen MR) is 56.0 cm³/mol. The van der Waals surface area contributed by atoms with Crippen molar-refractivity contribution in [3.63, 3.8) is 0 Å². The zero-order chi connectivity index (χ0) is 10.7. The summed E-state index contributed by atoms with van der Waals surface area (Å²) in [5.41, 5.74) is 5.99. The van der Waals surface area contributed by atoms with Gasteiger partial charge >= 0.3 is 0 Å². The molecule has 0 aliphatic rings. The van der Waals surface area contributed by atoms with Crippen LogP contribution in [0.15, 0.2) is 18.2 Å². The van der Waals surface area contributed by atoms with Crippen LogP contribution in [0.25, 0.3) is 0 Å². The summed E-state index contributed by atoms with van der Waals surface area (Å²) in [5, 5.41) is 0.480. The Kier molecular flexibility index (Phi) is 3.49. The average Bonchev–Trinajstić information content (AvgIpc) is 2.17. The molecule has 1 unspecified atom stereocenters. The monoisotopic (exact) mass is 213 g/mol. The highest BCUT2D eigenvalue weighted by molar-refractivity contribution is 6.32. The van der Waals surface area contributed by atoms with Crippen LogP contribution in [0.4, 0.5) is 0 Å². The van der Waals surface area contributed by atoms with Gasteiger partial charge in [0.1, 0.15) is 5.75 Å². The van der Waals surface area contributed by atoms with Crippen molar-refractivity contribution < 1.29 is 9.53 Å². The number of benzene rings is 1. The lowest BCUT2D eigenvalue weighted by Gasteiger charge is -2.07. The number of methoxy groups -OCH3 is 1. The summed E-state index contributed by atoms with van der Waals surface area (Å²) in [6, 6.07) is 4.33. The summed E-state index contributed by atoms with van der Waals surface area (Å²) < 4.78 is 4.99. The van der Waals surface area contributed by atoms with Gasteiger partial charge in [0.25, 0.3) is 0 Å². The van der Waals surface area contributed by atoms with E-state index in [2.05, 4.69) is 0 Å². The Labute approximate surface area is 87.8 Å². The number of halogens is 1. The molecule has 76 valence electrons. The molecule has 0 spiro atoms. The van der Waals surface area contributed by atoms with Crippen LogP contribution in [0, 0.1) is 0 Å². The van der Waals surface area contributed by atoms with Crippen molar-refractivity contribution in [2.45, 2.75) is 13.0 Å². The quantitative estimate of drug-likeness (QED) is 0.780. The molecule has 0 radical (unpaired) electrons. The number of nitrogens with two attached hydrogens (primary N) is 1. The molecule has 14 heavy (non-hydrogen) atoms. The number of carbonyl (C=O) groups is 1. The molecule has 1 aromatic rings. The Morgan fingerprint density at radius 2 is 2.21 bits per heavy atom. The van der Waals surface area contributed by atoms with E-state index in [1.807, 2.05) is 0 Å². The highest BCUT2D eigenvalue weighted by Crippen LogP contribution is 2.25. The van der Waals surface area contributed by atoms with E-state index in [-0.39, 0.29) is 5.78 Å². The van der Waals surface area contributed by atoms with Gasteiger partial charge in [-0.15, -0.1) is 0 Å². The largest absolute Gasteiger partial charge is 0.495 e. The van der Waals surface area contributed by atoms with E-state index in [1.165, 1.54) is 7.11 Å². The SMILES string of the molecule is COc1cc(C(=O)C(C)N)ccc1Cl. The Bertz CT molecular complexity index is 350. The molecular formula is C10H12ClNO2. The first-order valence-corrected chi connectivity index (χ1v) is 4.57. The lowest BCUT2D eigenvalue weighted by Crippen LogP contribution is -2.26. The Morgan fingerprint density at radius 1 is 1.57 bits per heavy atom. The number of hydrogen-bond acceptors (Lipinski definition) is 3. The van der Waals surface area contributed by atoms with Crippen molar-refractivity contribution in [1.82, 2.24) is 0 Å². The van der Waals surface area contributed by atoms with Crippen LogP contribution in [0.3, 0.4) is 0 Å². The van der Waals surface area contributed by atoms with Gasteiger partial charge in [0.05, 0.1) is 18.2 Å². The molecule has 0 fully saturated rings. The van der Waals surface area contributed by atoms with Crippen molar-refractivity contribution >= 4 is 17.4 Å². The first-order chi connectivity index (χ1) is 6.56. The lowest BCUT2D eigenvalue weighted by atomic mass is 10.1. The smallest absolute Gasteiger partial charge is 0.179 e. The number of carbonyl (C=O) groups excluding carboxylic acids is 1. The van der Waals surface area contributed by atoms with E-state index < -0.39 is 6.04 Å². The number of ether oxygens (including phenoxy) is 1. The number of rotatable bonds is 3. The van der Waals surface area contributed by atoms with Crippen LogP contribution in [0.5, 0.6) is 5.75 Å². The summed E-state index contributed by atoms with van der Waals surface area (Å²) in [7, 11) is 1.50. The molecule has 0 aromatic heterocycles. The van der Waals surface area contributed by atoms with Crippen LogP contribution < -0.4 is 10.5 Å². The molecular weight excluding hydrogens is 202 g/mol. The second-order valence-corrected chi connectivity index (χ2v) is 3.41. The minimum Gasteiger partial charge on any atom is -0.495 e. The molecule has 0 aliphatic heterocycles. The molecule has 0 saturated carbocycles. The average molecular weight is 214 g/mol. The van der Waals surface area contributed by atoms with E-state index in [4.69, 9.17) is 22.1 Å². The molecule has 0 aliphatic carbocycles. The maximum atomic E-state index is 11.5. The molecule has 4 heteroatoms. The van der Waals surface area contributed by atoms with Gasteiger partial charge in [0.15, 0.2) is 5.78 Å². The lowest BCUT2D eigenvalue weighted by molar-refractivity contribution is 0.0967. The molecule has 1 atom stereocenters. The molecule has 0 amide bonds. The Balaban J connectivity index is 3.06. The topological polar surface area (TPSA) is 52.3 Å². The summed E-state index contributed by atoms with van der Waals surface area (Å²) in [6.45, 7) is 1.64. The van der Waals surface area contributed by atoms with Crippen molar-refractivity contribution in [3.8, 4) is 5.75 Å². The van der Waals surface area contributed by atoms with Gasteiger partial charge in [-0.2, -0.15) is 0 Å². The summed E-state index contributed by atoms with van der Waals surface area (Å²) in [6.07, 6.45) is 0. The van der Waals surface area contributed by atoms with E-state index in [9.17, 15) is 4.79 Å². The van der Waals surface area contributed by atoms with E-state index in [1.54, 1.807) is 25.1 Å². The van der Waals surface area contributed by atoms with Gasteiger partial charge in [-0.3, -0.25) is 4.79 Å². The van der Waals surface area contributed by atoms with Crippen LogP contribution in [-0.2, 0) is 0 Å². The molecule has 3 nitrogen and oxygen atoms in total. The molecule has 1 rings (SSSR count). The van der Waals surface area contributed by atoms with Crippen molar-refractivity contribution in [1.29, 1.82) is 0 Å². The Morgan fingerprint density at radius 3 is 2.71 bits per heavy atom. The predicted octanol–water partition coefficient (Wildman–Crippen LogP) is 1.88. The first-order valence-electron chi connectivity index (χ1n) is 4.19.